The zero-order chi connectivity index (χ0) is 17.1. The highest BCUT2D eigenvalue weighted by molar-refractivity contribution is 8.76. The number of ether oxygens (including phenoxy) is 1. The van der Waals surface area contributed by atoms with Crippen molar-refractivity contribution in [2.45, 2.75) is 26.4 Å². The quantitative estimate of drug-likeness (QED) is 0.550. The Morgan fingerprint density at radius 2 is 1.83 bits per heavy atom. The number of amides is 2. The predicted octanol–water partition coefficient (Wildman–Crippen LogP) is 2.72. The minimum absolute atomic E-state index is 0.115. The van der Waals surface area contributed by atoms with Gasteiger partial charge in [-0.3, -0.25) is 9.78 Å². The van der Waals surface area contributed by atoms with Crippen LogP contribution in [0.3, 0.4) is 0 Å². The van der Waals surface area contributed by atoms with Crippen LogP contribution in [0, 0.1) is 0 Å². The van der Waals surface area contributed by atoms with Gasteiger partial charge in [-0.05, 0) is 32.9 Å². The van der Waals surface area contributed by atoms with Crippen LogP contribution in [0.15, 0.2) is 24.5 Å². The van der Waals surface area contributed by atoms with Crippen molar-refractivity contribution in [3.05, 3.63) is 30.1 Å². The fourth-order valence-corrected chi connectivity index (χ4v) is 3.25. The maximum atomic E-state index is 11.7. The molecule has 0 aliphatic rings. The zero-order valence-corrected chi connectivity index (χ0v) is 15.3. The molecule has 0 aromatic carbocycles. The van der Waals surface area contributed by atoms with Crippen LogP contribution in [-0.4, -0.2) is 47.2 Å². The lowest BCUT2D eigenvalue weighted by atomic mass is 10.2. The summed E-state index contributed by atoms with van der Waals surface area (Å²) in [6.45, 7) is 6.63. The van der Waals surface area contributed by atoms with Crippen LogP contribution >= 0.6 is 21.6 Å². The standard InChI is InChI=1S/C15H23N3O3S2/c1-15(2,3)21-14(20)18-8-10-23-22-9-7-17-13(19)12-5-4-6-16-11-12/h4-6,11H,7-10H2,1-3H3,(H,17,19)(H,18,20). The molecule has 1 heterocycles. The molecule has 1 aromatic rings. The summed E-state index contributed by atoms with van der Waals surface area (Å²) in [4.78, 5) is 27.0. The Morgan fingerprint density at radius 3 is 2.39 bits per heavy atom. The molecule has 1 aromatic heterocycles. The predicted molar refractivity (Wildman–Crippen MR) is 95.7 cm³/mol. The number of carbonyl (C=O) groups excluding carboxylic acids is 2. The first-order chi connectivity index (χ1) is 10.9. The van der Waals surface area contributed by atoms with E-state index >= 15 is 0 Å². The van der Waals surface area contributed by atoms with Crippen LogP contribution in [0.1, 0.15) is 31.1 Å². The molecular formula is C15H23N3O3S2. The molecule has 0 unspecified atom stereocenters. The highest BCUT2D eigenvalue weighted by Gasteiger charge is 2.15. The van der Waals surface area contributed by atoms with Gasteiger partial charge in [0.25, 0.3) is 5.91 Å². The Bertz CT molecular complexity index is 492. The van der Waals surface area contributed by atoms with Crippen LogP contribution in [0.2, 0.25) is 0 Å². The van der Waals surface area contributed by atoms with E-state index in [0.717, 1.165) is 11.5 Å². The summed E-state index contributed by atoms with van der Waals surface area (Å²) in [5.41, 5.74) is 0.0880. The van der Waals surface area contributed by atoms with E-state index in [9.17, 15) is 9.59 Å². The van der Waals surface area contributed by atoms with Gasteiger partial charge in [-0.1, -0.05) is 21.6 Å². The normalized spacial score (nSPS) is 10.9. The Hall–Kier alpha value is -1.41. The van der Waals surface area contributed by atoms with Gasteiger partial charge in [0, 0.05) is 37.0 Å². The number of aromatic nitrogens is 1. The molecule has 0 saturated carbocycles. The van der Waals surface area contributed by atoms with Crippen molar-refractivity contribution in [2.24, 2.45) is 0 Å². The summed E-state index contributed by atoms with van der Waals surface area (Å²) in [6.07, 6.45) is 2.78. The van der Waals surface area contributed by atoms with Crippen molar-refractivity contribution in [1.82, 2.24) is 15.6 Å². The Kier molecular flexibility index (Phi) is 8.86. The van der Waals surface area contributed by atoms with E-state index in [2.05, 4.69) is 15.6 Å². The van der Waals surface area contributed by atoms with Crippen molar-refractivity contribution >= 4 is 33.6 Å². The maximum absolute atomic E-state index is 11.7. The van der Waals surface area contributed by atoms with E-state index in [1.807, 2.05) is 20.8 Å². The average Bonchev–Trinajstić information content (AvgIpc) is 2.48. The van der Waals surface area contributed by atoms with E-state index in [4.69, 9.17) is 4.74 Å². The molecular weight excluding hydrogens is 334 g/mol. The molecule has 2 N–H and O–H groups in total. The number of pyridine rings is 1. The summed E-state index contributed by atoms with van der Waals surface area (Å²) >= 11 is 0. The van der Waals surface area contributed by atoms with Crippen molar-refractivity contribution in [3.8, 4) is 0 Å². The topological polar surface area (TPSA) is 80.3 Å². The van der Waals surface area contributed by atoms with Gasteiger partial charge in [-0.15, -0.1) is 0 Å². The molecule has 0 bridgehead atoms. The van der Waals surface area contributed by atoms with E-state index in [0.29, 0.717) is 18.7 Å². The van der Waals surface area contributed by atoms with E-state index < -0.39 is 11.7 Å². The van der Waals surface area contributed by atoms with Gasteiger partial charge < -0.3 is 15.4 Å². The van der Waals surface area contributed by atoms with Gasteiger partial charge in [0.1, 0.15) is 5.60 Å². The third-order valence-corrected chi connectivity index (χ3v) is 4.74. The molecule has 0 aliphatic heterocycles. The molecule has 0 saturated heterocycles. The van der Waals surface area contributed by atoms with Gasteiger partial charge in [0.2, 0.25) is 0 Å². The van der Waals surface area contributed by atoms with Gasteiger partial charge in [-0.2, -0.15) is 0 Å². The summed E-state index contributed by atoms with van der Waals surface area (Å²) in [5.74, 6) is 1.46. The first kappa shape index (κ1) is 19.6. The number of nitrogens with zero attached hydrogens (tertiary/aromatic N) is 1. The van der Waals surface area contributed by atoms with Crippen LogP contribution in [0.4, 0.5) is 4.79 Å². The molecule has 128 valence electrons. The highest BCUT2D eigenvalue weighted by Crippen LogP contribution is 2.19. The molecule has 2 amide bonds. The smallest absolute Gasteiger partial charge is 0.407 e. The monoisotopic (exact) mass is 357 g/mol. The van der Waals surface area contributed by atoms with E-state index in [1.54, 1.807) is 46.1 Å². The second-order valence-electron chi connectivity index (χ2n) is 5.57. The Balaban J connectivity index is 1.98. The zero-order valence-electron chi connectivity index (χ0n) is 13.6. The van der Waals surface area contributed by atoms with Crippen LogP contribution in [-0.2, 0) is 4.74 Å². The molecule has 0 spiro atoms. The minimum Gasteiger partial charge on any atom is -0.444 e. The van der Waals surface area contributed by atoms with Gasteiger partial charge in [0.05, 0.1) is 5.56 Å². The van der Waals surface area contributed by atoms with E-state index in [-0.39, 0.29) is 5.91 Å². The first-order valence-electron chi connectivity index (χ1n) is 7.28. The second kappa shape index (κ2) is 10.4. The summed E-state index contributed by atoms with van der Waals surface area (Å²) in [6, 6.07) is 3.46. The number of nitrogens with one attached hydrogen (secondary N) is 2. The summed E-state index contributed by atoms with van der Waals surface area (Å²) < 4.78 is 5.13. The molecule has 0 fully saturated rings. The number of hydrogen-bond acceptors (Lipinski definition) is 6. The lowest BCUT2D eigenvalue weighted by Crippen LogP contribution is -2.33. The highest BCUT2D eigenvalue weighted by atomic mass is 33.1. The molecule has 23 heavy (non-hydrogen) atoms. The molecule has 6 nitrogen and oxygen atoms in total. The molecule has 1 rings (SSSR count). The van der Waals surface area contributed by atoms with Crippen LogP contribution in [0.25, 0.3) is 0 Å². The van der Waals surface area contributed by atoms with Crippen molar-refractivity contribution in [1.29, 1.82) is 0 Å². The number of hydrogen-bond donors (Lipinski definition) is 2. The Labute approximate surface area is 144 Å². The lowest BCUT2D eigenvalue weighted by molar-refractivity contribution is 0.0531. The SMILES string of the molecule is CC(C)(C)OC(=O)NCCSSCCNC(=O)c1cccnc1. The van der Waals surface area contributed by atoms with Crippen molar-refractivity contribution < 1.29 is 14.3 Å². The fourth-order valence-electron chi connectivity index (χ4n) is 1.43. The minimum atomic E-state index is -0.474. The molecule has 0 radical (unpaired) electrons. The Morgan fingerprint density at radius 1 is 1.17 bits per heavy atom. The molecule has 8 heteroatoms. The van der Waals surface area contributed by atoms with Crippen molar-refractivity contribution in [2.75, 3.05) is 24.6 Å². The third kappa shape index (κ3) is 10.1. The fraction of sp³-hybridized carbons (Fsp3) is 0.533. The average molecular weight is 358 g/mol. The molecule has 0 atom stereocenters. The van der Waals surface area contributed by atoms with Crippen molar-refractivity contribution in [3.63, 3.8) is 0 Å². The van der Waals surface area contributed by atoms with Gasteiger partial charge >= 0.3 is 6.09 Å². The molecule has 0 aliphatic carbocycles. The lowest BCUT2D eigenvalue weighted by Gasteiger charge is -2.19. The van der Waals surface area contributed by atoms with Crippen LogP contribution in [0.5, 0.6) is 0 Å². The summed E-state index contributed by atoms with van der Waals surface area (Å²) in [7, 11) is 3.29. The maximum Gasteiger partial charge on any atom is 0.407 e. The van der Waals surface area contributed by atoms with Gasteiger partial charge in [0.15, 0.2) is 0 Å². The summed E-state index contributed by atoms with van der Waals surface area (Å²) in [5, 5.41) is 5.53. The largest absolute Gasteiger partial charge is 0.444 e. The first-order valence-corrected chi connectivity index (χ1v) is 9.77. The second-order valence-corrected chi connectivity index (χ2v) is 8.27. The number of alkyl carbamates (subject to hydrolysis) is 1. The van der Waals surface area contributed by atoms with E-state index in [1.165, 1.54) is 0 Å². The number of carbonyl (C=O) groups is 2. The van der Waals surface area contributed by atoms with Crippen LogP contribution < -0.4 is 10.6 Å². The van der Waals surface area contributed by atoms with Gasteiger partial charge in [-0.25, -0.2) is 4.79 Å². The number of rotatable bonds is 8. The third-order valence-electron chi connectivity index (χ3n) is 2.33.